The van der Waals surface area contributed by atoms with Crippen molar-refractivity contribution >= 4 is 58.0 Å². The maximum absolute atomic E-state index is 13.0. The molecule has 0 saturated carbocycles. The van der Waals surface area contributed by atoms with Crippen LogP contribution in [0.1, 0.15) is 31.8 Å². The molecule has 0 aliphatic rings. The second kappa shape index (κ2) is 7.81. The summed E-state index contributed by atoms with van der Waals surface area (Å²) < 4.78 is 0. The van der Waals surface area contributed by atoms with Gasteiger partial charge in [0.25, 0.3) is 0 Å². The van der Waals surface area contributed by atoms with Gasteiger partial charge >= 0.3 is 0 Å². The highest BCUT2D eigenvalue weighted by Gasteiger charge is 2.23. The molecule has 26 heavy (non-hydrogen) atoms. The highest BCUT2D eigenvalue weighted by molar-refractivity contribution is 6.45. The molecule has 6 heteroatoms. The molecule has 0 aromatic heterocycles. The smallest absolute Gasteiger partial charge is 0.195 e. The molecule has 3 aromatic carbocycles. The molecule has 3 aromatic rings. The van der Waals surface area contributed by atoms with Gasteiger partial charge in [0.1, 0.15) is 0 Å². The topological polar surface area (TPSA) is 34.1 Å². The van der Waals surface area contributed by atoms with Gasteiger partial charge in [-0.2, -0.15) is 0 Å². The highest BCUT2D eigenvalue weighted by atomic mass is 35.5. The van der Waals surface area contributed by atoms with E-state index in [1.54, 1.807) is 60.7 Å². The van der Waals surface area contributed by atoms with Gasteiger partial charge in [-0.25, -0.2) is 0 Å². The number of carbonyl (C=O) groups excluding carboxylic acids is 2. The first-order valence-electron chi connectivity index (χ1n) is 7.48. The molecule has 0 N–H and O–H groups in total. The molecular weight excluding hydrogens is 414 g/mol. The van der Waals surface area contributed by atoms with E-state index in [2.05, 4.69) is 0 Å². The summed E-state index contributed by atoms with van der Waals surface area (Å²) in [5.74, 6) is -0.806. The van der Waals surface area contributed by atoms with Crippen LogP contribution in [0.15, 0.2) is 60.7 Å². The normalized spacial score (nSPS) is 10.6. The lowest BCUT2D eigenvalue weighted by Crippen LogP contribution is -2.12. The number of halogens is 4. The zero-order valence-electron chi connectivity index (χ0n) is 13.1. The van der Waals surface area contributed by atoms with Gasteiger partial charge in [-0.05, 0) is 24.3 Å². The summed E-state index contributed by atoms with van der Waals surface area (Å²) in [6, 6.07) is 16.0. The van der Waals surface area contributed by atoms with E-state index in [1.165, 1.54) is 0 Å². The third-order valence-corrected chi connectivity index (χ3v) is 5.45. The molecule has 0 unspecified atom stereocenters. The Labute approximate surface area is 170 Å². The maximum atomic E-state index is 13.0. The Kier molecular flexibility index (Phi) is 5.69. The lowest BCUT2D eigenvalue weighted by molar-refractivity contribution is 0.100. The number of ketones is 2. The zero-order chi connectivity index (χ0) is 18.8. The first-order chi connectivity index (χ1) is 12.4. The van der Waals surface area contributed by atoms with Crippen molar-refractivity contribution in [2.75, 3.05) is 0 Å². The van der Waals surface area contributed by atoms with Crippen molar-refractivity contribution in [3.05, 3.63) is 103 Å². The van der Waals surface area contributed by atoms with Gasteiger partial charge in [-0.15, -0.1) is 0 Å². The van der Waals surface area contributed by atoms with Crippen LogP contribution in [0.2, 0.25) is 20.1 Å². The standard InChI is InChI=1S/C20H10Cl4O2/c21-15-9-3-7-13(17(15)23)19(25)11-5-1-2-6-12(11)20(26)14-8-4-10-16(22)18(14)24/h1-10H. The summed E-state index contributed by atoms with van der Waals surface area (Å²) in [6.07, 6.45) is 0. The molecule has 0 spiro atoms. The van der Waals surface area contributed by atoms with E-state index in [0.717, 1.165) is 0 Å². The van der Waals surface area contributed by atoms with Crippen molar-refractivity contribution in [3.63, 3.8) is 0 Å². The Hall–Kier alpha value is -1.84. The van der Waals surface area contributed by atoms with Gasteiger partial charge in [-0.1, -0.05) is 82.8 Å². The van der Waals surface area contributed by atoms with Crippen molar-refractivity contribution in [1.82, 2.24) is 0 Å². The molecule has 0 amide bonds. The Bertz CT molecular complexity index is 946. The Morgan fingerprint density at radius 3 is 1.23 bits per heavy atom. The fraction of sp³-hybridized carbons (Fsp3) is 0. The van der Waals surface area contributed by atoms with Crippen LogP contribution in [0.4, 0.5) is 0 Å². The van der Waals surface area contributed by atoms with Crippen LogP contribution in [-0.4, -0.2) is 11.6 Å². The van der Waals surface area contributed by atoms with Crippen LogP contribution in [0.25, 0.3) is 0 Å². The summed E-state index contributed by atoms with van der Waals surface area (Å²) in [5, 5.41) is 0.808. The third-order valence-electron chi connectivity index (χ3n) is 3.81. The van der Waals surface area contributed by atoms with E-state index in [9.17, 15) is 9.59 Å². The molecule has 0 radical (unpaired) electrons. The summed E-state index contributed by atoms with van der Waals surface area (Å²) in [6.45, 7) is 0. The molecule has 0 atom stereocenters. The van der Waals surface area contributed by atoms with Gasteiger partial charge < -0.3 is 0 Å². The van der Waals surface area contributed by atoms with Crippen molar-refractivity contribution in [3.8, 4) is 0 Å². The van der Waals surface area contributed by atoms with Crippen LogP contribution in [-0.2, 0) is 0 Å². The molecule has 0 aliphatic carbocycles. The lowest BCUT2D eigenvalue weighted by Gasteiger charge is -2.11. The molecule has 2 nitrogen and oxygen atoms in total. The van der Waals surface area contributed by atoms with Gasteiger partial charge in [0.05, 0.1) is 20.1 Å². The molecule has 3 rings (SSSR count). The number of hydrogen-bond donors (Lipinski definition) is 0. The van der Waals surface area contributed by atoms with Gasteiger partial charge in [0, 0.05) is 22.3 Å². The van der Waals surface area contributed by atoms with Crippen LogP contribution < -0.4 is 0 Å². The van der Waals surface area contributed by atoms with Crippen LogP contribution >= 0.6 is 46.4 Å². The van der Waals surface area contributed by atoms with Crippen LogP contribution in [0.5, 0.6) is 0 Å². The van der Waals surface area contributed by atoms with E-state index in [4.69, 9.17) is 46.4 Å². The number of hydrogen-bond acceptors (Lipinski definition) is 2. The minimum Gasteiger partial charge on any atom is -0.289 e. The number of benzene rings is 3. The van der Waals surface area contributed by atoms with E-state index in [-0.39, 0.29) is 42.3 Å². The summed E-state index contributed by atoms with van der Waals surface area (Å²) in [4.78, 5) is 25.9. The van der Waals surface area contributed by atoms with Crippen LogP contribution in [0, 0.1) is 0 Å². The van der Waals surface area contributed by atoms with Gasteiger partial charge in [0.15, 0.2) is 11.6 Å². The first kappa shape index (κ1) is 18.9. The Balaban J connectivity index is 2.12. The maximum Gasteiger partial charge on any atom is 0.195 e. The lowest BCUT2D eigenvalue weighted by atomic mass is 9.93. The van der Waals surface area contributed by atoms with Gasteiger partial charge in [-0.3, -0.25) is 9.59 Å². The third kappa shape index (κ3) is 3.51. The van der Waals surface area contributed by atoms with E-state index in [0.29, 0.717) is 0 Å². The van der Waals surface area contributed by atoms with Crippen molar-refractivity contribution in [2.45, 2.75) is 0 Å². The molecule has 0 aliphatic heterocycles. The molecule has 0 bridgehead atoms. The fourth-order valence-electron chi connectivity index (χ4n) is 2.53. The number of rotatable bonds is 4. The fourth-order valence-corrected chi connectivity index (χ4v) is 3.30. The predicted molar refractivity (Wildman–Crippen MR) is 106 cm³/mol. The minimum absolute atomic E-state index is 0.141. The first-order valence-corrected chi connectivity index (χ1v) is 8.99. The van der Waals surface area contributed by atoms with Crippen molar-refractivity contribution in [1.29, 1.82) is 0 Å². The summed E-state index contributed by atoms with van der Waals surface area (Å²) in [7, 11) is 0. The van der Waals surface area contributed by atoms with E-state index < -0.39 is 11.6 Å². The second-order valence-electron chi connectivity index (χ2n) is 5.41. The SMILES string of the molecule is O=C(c1ccccc1C(=O)c1cccc(Cl)c1Cl)c1cccc(Cl)c1Cl. The molecule has 0 heterocycles. The van der Waals surface area contributed by atoms with Crippen molar-refractivity contribution < 1.29 is 9.59 Å². The van der Waals surface area contributed by atoms with Crippen LogP contribution in [0.3, 0.4) is 0 Å². The zero-order valence-corrected chi connectivity index (χ0v) is 16.1. The quantitative estimate of drug-likeness (QED) is 0.434. The highest BCUT2D eigenvalue weighted by Crippen LogP contribution is 2.31. The average molecular weight is 424 g/mol. The Morgan fingerprint density at radius 1 is 0.500 bits per heavy atom. The monoisotopic (exact) mass is 422 g/mol. The Morgan fingerprint density at radius 2 is 0.846 bits per heavy atom. The predicted octanol–water partition coefficient (Wildman–Crippen LogP) is 6.76. The van der Waals surface area contributed by atoms with E-state index >= 15 is 0 Å². The average Bonchev–Trinajstić information content (AvgIpc) is 2.65. The summed E-state index contributed by atoms with van der Waals surface area (Å²) in [5.41, 5.74) is 0.851. The summed E-state index contributed by atoms with van der Waals surface area (Å²) >= 11 is 24.3. The molecule has 0 fully saturated rings. The number of carbonyl (C=O) groups is 2. The second-order valence-corrected chi connectivity index (χ2v) is 6.98. The van der Waals surface area contributed by atoms with E-state index in [1.807, 2.05) is 0 Å². The largest absolute Gasteiger partial charge is 0.289 e. The molecule has 130 valence electrons. The van der Waals surface area contributed by atoms with Gasteiger partial charge in [0.2, 0.25) is 0 Å². The minimum atomic E-state index is -0.403. The van der Waals surface area contributed by atoms with Crippen molar-refractivity contribution in [2.24, 2.45) is 0 Å². The molecule has 0 saturated heterocycles. The molecular formula is C20H10Cl4O2.